The number of anilines is 2. The molecule has 0 bridgehead atoms. The molecule has 5 aliphatic heterocycles. The highest BCUT2D eigenvalue weighted by Gasteiger charge is 2.34. The number of nitrogens with one attached hydrogen (secondary N) is 2. The summed E-state index contributed by atoms with van der Waals surface area (Å²) >= 11 is 0. The first-order chi connectivity index (χ1) is 26.8. The molecule has 0 aliphatic carbocycles. The Labute approximate surface area is 321 Å². The summed E-state index contributed by atoms with van der Waals surface area (Å²) in [5.41, 5.74) is 6.88. The van der Waals surface area contributed by atoms with Crippen molar-refractivity contribution in [3.8, 4) is 11.5 Å². The third-order valence-corrected chi connectivity index (χ3v) is 11.8. The lowest BCUT2D eigenvalue weighted by Gasteiger charge is -2.40. The maximum Gasteiger partial charge on any atom is 0.252 e. The van der Waals surface area contributed by atoms with E-state index in [0.717, 1.165) is 75.5 Å². The minimum Gasteiger partial charge on any atom is -0.508 e. The van der Waals surface area contributed by atoms with Gasteiger partial charge in [-0.2, -0.15) is 0 Å². The van der Waals surface area contributed by atoms with E-state index in [-0.39, 0.29) is 41.1 Å². The molecule has 3 fully saturated rings. The molecular weight excluding hydrogens is 698 g/mol. The zero-order valence-electron chi connectivity index (χ0n) is 31.0. The molecule has 4 aromatic rings. The largest absolute Gasteiger partial charge is 0.508 e. The van der Waals surface area contributed by atoms with Gasteiger partial charge in [-0.15, -0.1) is 0 Å². The fraction of sp³-hybridized carbons (Fsp3) is 0.386. The summed E-state index contributed by atoms with van der Waals surface area (Å²) in [5.74, 6) is 1.22. The summed E-state index contributed by atoms with van der Waals surface area (Å²) in [4.78, 5) is 39.8. The topological polar surface area (TPSA) is 114 Å². The first-order valence-electron chi connectivity index (χ1n) is 19.5. The monoisotopic (exact) mass is 745 g/mol. The summed E-state index contributed by atoms with van der Waals surface area (Å²) in [6, 6.07) is 28.5. The zero-order valence-corrected chi connectivity index (χ0v) is 31.0. The van der Waals surface area contributed by atoms with Crippen LogP contribution in [0.25, 0.3) is 0 Å². The Bertz CT molecular complexity index is 2010. The lowest BCUT2D eigenvalue weighted by Crippen LogP contribution is -2.49. The fourth-order valence-electron chi connectivity index (χ4n) is 8.77. The Hall–Kier alpha value is -5.42. The van der Waals surface area contributed by atoms with Crippen LogP contribution in [0.5, 0.6) is 11.5 Å². The van der Waals surface area contributed by atoms with Crippen molar-refractivity contribution in [1.82, 2.24) is 15.5 Å². The average Bonchev–Trinajstić information content (AvgIpc) is 3.57. The van der Waals surface area contributed by atoms with Crippen molar-refractivity contribution in [1.29, 1.82) is 0 Å². The predicted molar refractivity (Wildman–Crippen MR) is 209 cm³/mol. The quantitative estimate of drug-likeness (QED) is 0.208. The van der Waals surface area contributed by atoms with Crippen LogP contribution in [0.3, 0.4) is 0 Å². The Morgan fingerprint density at radius 2 is 1.51 bits per heavy atom. The van der Waals surface area contributed by atoms with E-state index in [2.05, 4.69) is 73.9 Å². The van der Waals surface area contributed by atoms with Gasteiger partial charge in [-0.1, -0.05) is 48.5 Å². The number of amides is 3. The van der Waals surface area contributed by atoms with Gasteiger partial charge in [0.2, 0.25) is 11.8 Å². The van der Waals surface area contributed by atoms with E-state index in [1.807, 2.05) is 18.2 Å². The predicted octanol–water partition coefficient (Wildman–Crippen LogP) is 5.93. The Balaban J connectivity index is 0.000000477. The fourth-order valence-corrected chi connectivity index (χ4v) is 8.77. The van der Waals surface area contributed by atoms with Gasteiger partial charge in [0.05, 0.1) is 12.3 Å². The lowest BCUT2D eigenvalue weighted by atomic mass is 9.76. The molecule has 0 spiro atoms. The van der Waals surface area contributed by atoms with Crippen LogP contribution in [0.1, 0.15) is 76.6 Å². The van der Waals surface area contributed by atoms with Gasteiger partial charge in [-0.25, -0.2) is 4.39 Å². The van der Waals surface area contributed by atoms with Gasteiger partial charge in [0.1, 0.15) is 17.3 Å². The number of hydrogen-bond donors (Lipinski definition) is 3. The summed E-state index contributed by atoms with van der Waals surface area (Å²) in [7, 11) is 0. The number of carbonyl (C=O) groups is 3. The number of piperazine rings is 1. The minimum atomic E-state index is -0.302. The highest BCUT2D eigenvalue weighted by Crippen LogP contribution is 2.47. The van der Waals surface area contributed by atoms with Gasteiger partial charge in [0.25, 0.3) is 5.91 Å². The second kappa shape index (κ2) is 16.1. The van der Waals surface area contributed by atoms with Crippen LogP contribution in [0, 0.1) is 11.7 Å². The zero-order chi connectivity index (χ0) is 37.9. The smallest absolute Gasteiger partial charge is 0.252 e. The summed E-state index contributed by atoms with van der Waals surface area (Å²) < 4.78 is 21.0. The molecule has 0 saturated carbocycles. The average molecular weight is 746 g/mol. The van der Waals surface area contributed by atoms with E-state index >= 15 is 0 Å². The molecule has 55 heavy (non-hydrogen) atoms. The maximum atomic E-state index is 14.9. The van der Waals surface area contributed by atoms with E-state index < -0.39 is 0 Å². The SMILES string of the molecule is O=C1CCCC(=O)N1.O=C1NCc2cc(N3CCN(CC4CCN(c5ccc([C@@H]6c7ccc(O)cc7OC[C@@H]6c6ccccc6)cc5)CC4)CC3)c(F)cc21. The highest BCUT2D eigenvalue weighted by molar-refractivity contribution is 5.99. The normalized spacial score (nSPS) is 21.4. The second-order valence-electron chi connectivity index (χ2n) is 15.3. The molecule has 4 aromatic carbocycles. The second-order valence-corrected chi connectivity index (χ2v) is 15.3. The van der Waals surface area contributed by atoms with Crippen molar-refractivity contribution in [3.05, 3.63) is 119 Å². The lowest BCUT2D eigenvalue weighted by molar-refractivity contribution is -0.132. The number of benzene rings is 4. The van der Waals surface area contributed by atoms with Crippen LogP contribution >= 0.6 is 0 Å². The molecule has 3 N–H and O–H groups in total. The van der Waals surface area contributed by atoms with Crippen molar-refractivity contribution in [2.24, 2.45) is 5.92 Å². The number of piperidine rings is 2. The number of rotatable bonds is 6. The van der Waals surface area contributed by atoms with Gasteiger partial charge < -0.3 is 25.0 Å². The van der Waals surface area contributed by atoms with E-state index in [1.54, 1.807) is 12.1 Å². The molecule has 0 aromatic heterocycles. The van der Waals surface area contributed by atoms with Crippen molar-refractivity contribution in [2.75, 3.05) is 62.2 Å². The molecule has 5 heterocycles. The molecule has 9 rings (SSSR count). The number of phenolic OH excluding ortho intramolecular Hbond substituents is 1. The van der Waals surface area contributed by atoms with Crippen molar-refractivity contribution < 1.29 is 28.6 Å². The molecule has 0 radical (unpaired) electrons. The number of halogens is 1. The van der Waals surface area contributed by atoms with Gasteiger partial charge in [-0.05, 0) is 72.2 Å². The highest BCUT2D eigenvalue weighted by atomic mass is 19.1. The third kappa shape index (κ3) is 8.17. The van der Waals surface area contributed by atoms with Crippen molar-refractivity contribution in [3.63, 3.8) is 0 Å². The molecule has 11 heteroatoms. The number of imide groups is 1. The Morgan fingerprint density at radius 1 is 0.782 bits per heavy atom. The number of hydrogen-bond acceptors (Lipinski definition) is 8. The molecule has 10 nitrogen and oxygen atoms in total. The molecule has 3 saturated heterocycles. The number of phenols is 1. The Morgan fingerprint density at radius 3 is 2.20 bits per heavy atom. The molecule has 5 aliphatic rings. The van der Waals surface area contributed by atoms with Crippen molar-refractivity contribution >= 4 is 29.1 Å². The van der Waals surface area contributed by atoms with Gasteiger partial charge >= 0.3 is 0 Å². The van der Waals surface area contributed by atoms with Gasteiger partial charge in [0.15, 0.2) is 0 Å². The van der Waals surface area contributed by atoms with Crippen LogP contribution in [-0.4, -0.2) is 80.1 Å². The van der Waals surface area contributed by atoms with Gasteiger partial charge in [0, 0.05) is 99.9 Å². The molecule has 2 atom stereocenters. The van der Waals surface area contributed by atoms with Crippen molar-refractivity contribution in [2.45, 2.75) is 50.5 Å². The van der Waals surface area contributed by atoms with Gasteiger partial charge in [-0.3, -0.25) is 24.6 Å². The van der Waals surface area contributed by atoms with Crippen LogP contribution in [-0.2, 0) is 16.1 Å². The van der Waals surface area contributed by atoms with Crippen LogP contribution < -0.4 is 25.2 Å². The minimum absolute atomic E-state index is 0.138. The number of ether oxygens (including phenoxy) is 1. The van der Waals surface area contributed by atoms with Crippen LogP contribution in [0.2, 0.25) is 0 Å². The number of fused-ring (bicyclic) bond motifs is 2. The first kappa shape index (κ1) is 36.6. The molecule has 0 unspecified atom stereocenters. The summed E-state index contributed by atoms with van der Waals surface area (Å²) in [6.45, 7) is 7.67. The maximum absolute atomic E-state index is 14.9. The summed E-state index contributed by atoms with van der Waals surface area (Å²) in [6.07, 6.45) is 4.05. The van der Waals surface area contributed by atoms with Crippen LogP contribution in [0.15, 0.2) is 84.9 Å². The third-order valence-electron chi connectivity index (χ3n) is 11.8. The number of carbonyl (C=O) groups excluding carboxylic acids is 3. The first-order valence-corrected chi connectivity index (χ1v) is 19.5. The van der Waals surface area contributed by atoms with E-state index in [1.165, 1.54) is 22.9 Å². The number of nitrogens with zero attached hydrogens (tertiary/aromatic N) is 3. The standard InChI is InChI=1S/C39H41FN4O3.C5H7NO2/c40-35-22-33-29(23-41-39(33)46)20-36(35)44-18-16-42(17-19-44)24-26-12-14-43(15-13-26)30-8-6-28(7-9-30)38-32-11-10-31(45)21-37(32)47-25-34(38)27-4-2-1-3-5-27;7-4-2-1-3-5(8)6-4/h1-11,20-22,26,34,38,45H,12-19,23-25H2,(H,41,46);1-3H2,(H,6,7,8)/t34-,38-;/m1./s1. The van der Waals surface area contributed by atoms with Crippen LogP contribution in [0.4, 0.5) is 15.8 Å². The molecule has 286 valence electrons. The summed E-state index contributed by atoms with van der Waals surface area (Å²) in [5, 5.41) is 15.1. The Kier molecular flexibility index (Phi) is 10.7. The van der Waals surface area contributed by atoms with E-state index in [9.17, 15) is 23.9 Å². The van der Waals surface area contributed by atoms with E-state index in [4.69, 9.17) is 4.74 Å². The number of aromatic hydroxyl groups is 1. The van der Waals surface area contributed by atoms with E-state index in [0.29, 0.717) is 49.6 Å². The molecule has 3 amide bonds. The molecular formula is C44H48FN5O5.